The molecular weight excluding hydrogens is 484 g/mol. The highest BCUT2D eigenvalue weighted by Crippen LogP contribution is 2.32. The third-order valence-corrected chi connectivity index (χ3v) is 7.17. The molecule has 1 heterocycles. The molecule has 9 nitrogen and oxygen atoms in total. The summed E-state index contributed by atoms with van der Waals surface area (Å²) < 4.78 is 66.8. The highest BCUT2D eigenvalue weighted by Gasteiger charge is 2.41. The predicted octanol–water partition coefficient (Wildman–Crippen LogP) is 2.15. The molecule has 1 aliphatic heterocycles. The second kappa shape index (κ2) is 10.7. The zero-order valence-electron chi connectivity index (χ0n) is 17.5. The van der Waals surface area contributed by atoms with Gasteiger partial charge < -0.3 is 14.3 Å². The summed E-state index contributed by atoms with van der Waals surface area (Å²) >= 11 is 5.78. The molecule has 0 radical (unpaired) electrons. The van der Waals surface area contributed by atoms with Gasteiger partial charge in [-0.2, -0.15) is 10.2 Å². The van der Waals surface area contributed by atoms with Crippen LogP contribution in [-0.4, -0.2) is 69.5 Å². The Labute approximate surface area is 194 Å². The van der Waals surface area contributed by atoms with E-state index in [9.17, 15) is 22.0 Å². The first-order chi connectivity index (χ1) is 15.7. The van der Waals surface area contributed by atoms with Crippen LogP contribution in [0.3, 0.4) is 0 Å². The molecule has 13 heteroatoms. The van der Waals surface area contributed by atoms with Gasteiger partial charge in [0.15, 0.2) is 17.4 Å². The van der Waals surface area contributed by atoms with Crippen LogP contribution in [0.15, 0.2) is 41.3 Å². The zero-order chi connectivity index (χ0) is 24.2. The van der Waals surface area contributed by atoms with E-state index in [2.05, 4.69) is 4.84 Å². The van der Waals surface area contributed by atoms with Crippen molar-refractivity contribution in [2.45, 2.75) is 10.9 Å². The zero-order valence-corrected chi connectivity index (χ0v) is 19.1. The molecule has 0 spiro atoms. The molecule has 33 heavy (non-hydrogen) atoms. The standard InChI is InChI=1S/C20H22ClF2N3O6S/c1-30-9-8-25-6-7-26(18(12-25)20(27)32-24)33(28,29)15-10-16(22)19(17(23)11-15)31-14-4-2-13(21)3-5-14/h2-5,10-11,18H,6-9,12,24H2,1H3/t18-/m1/s1. The van der Waals surface area contributed by atoms with Crippen molar-refractivity contribution < 1.29 is 36.3 Å². The van der Waals surface area contributed by atoms with Gasteiger partial charge in [-0.3, -0.25) is 4.90 Å². The van der Waals surface area contributed by atoms with Gasteiger partial charge in [0.25, 0.3) is 0 Å². The average molecular weight is 506 g/mol. The van der Waals surface area contributed by atoms with Gasteiger partial charge in [-0.1, -0.05) is 11.6 Å². The highest BCUT2D eigenvalue weighted by molar-refractivity contribution is 7.89. The molecule has 1 saturated heterocycles. The minimum Gasteiger partial charge on any atom is -0.451 e. The lowest BCUT2D eigenvalue weighted by Gasteiger charge is -2.38. The van der Waals surface area contributed by atoms with Crippen LogP contribution < -0.4 is 10.6 Å². The largest absolute Gasteiger partial charge is 0.451 e. The summed E-state index contributed by atoms with van der Waals surface area (Å²) in [6.07, 6.45) is 0. The molecular formula is C20H22ClF2N3O6S. The smallest absolute Gasteiger partial charge is 0.344 e. The predicted molar refractivity (Wildman–Crippen MR) is 114 cm³/mol. The van der Waals surface area contributed by atoms with E-state index in [1.165, 1.54) is 31.4 Å². The number of carbonyl (C=O) groups excluding carboxylic acids is 1. The third kappa shape index (κ3) is 5.78. The number of sulfonamides is 1. The summed E-state index contributed by atoms with van der Waals surface area (Å²) in [4.78, 5) is 17.6. The van der Waals surface area contributed by atoms with E-state index in [1.54, 1.807) is 4.90 Å². The van der Waals surface area contributed by atoms with Crippen LogP contribution in [0.25, 0.3) is 0 Å². The number of hydrogen-bond acceptors (Lipinski definition) is 8. The Morgan fingerprint density at radius 3 is 2.39 bits per heavy atom. The van der Waals surface area contributed by atoms with Crippen LogP contribution in [0.2, 0.25) is 5.02 Å². The Morgan fingerprint density at radius 2 is 1.82 bits per heavy atom. The second-order valence-corrected chi connectivity index (χ2v) is 9.46. The summed E-state index contributed by atoms with van der Waals surface area (Å²) in [5, 5.41) is 0.401. The lowest BCUT2D eigenvalue weighted by Crippen LogP contribution is -2.59. The van der Waals surface area contributed by atoms with E-state index in [0.717, 1.165) is 4.31 Å². The maximum atomic E-state index is 14.7. The Hall–Kier alpha value is -2.35. The number of nitrogens with two attached hydrogens (primary N) is 1. The second-order valence-electron chi connectivity index (χ2n) is 7.13. The lowest BCUT2D eigenvalue weighted by atomic mass is 10.2. The Balaban J connectivity index is 1.89. The van der Waals surface area contributed by atoms with Crippen molar-refractivity contribution in [2.24, 2.45) is 5.90 Å². The van der Waals surface area contributed by atoms with E-state index >= 15 is 0 Å². The number of methoxy groups -OCH3 is 1. The van der Waals surface area contributed by atoms with Crippen molar-refractivity contribution in [1.82, 2.24) is 9.21 Å². The van der Waals surface area contributed by atoms with Gasteiger partial charge in [0.2, 0.25) is 10.0 Å². The molecule has 180 valence electrons. The minimum atomic E-state index is -4.48. The van der Waals surface area contributed by atoms with E-state index in [1.807, 2.05) is 0 Å². The third-order valence-electron chi connectivity index (χ3n) is 5.03. The topological polar surface area (TPSA) is 111 Å². The maximum Gasteiger partial charge on any atom is 0.344 e. The lowest BCUT2D eigenvalue weighted by molar-refractivity contribution is -0.150. The number of benzene rings is 2. The first-order valence-corrected chi connectivity index (χ1v) is 11.6. The number of halogens is 3. The normalized spacial score (nSPS) is 17.7. The van der Waals surface area contributed by atoms with Crippen LogP contribution in [0.4, 0.5) is 8.78 Å². The quantitative estimate of drug-likeness (QED) is 0.543. The van der Waals surface area contributed by atoms with Crippen LogP contribution in [-0.2, 0) is 24.4 Å². The fraction of sp³-hybridized carbons (Fsp3) is 0.350. The number of rotatable bonds is 8. The first-order valence-electron chi connectivity index (χ1n) is 9.73. The Kier molecular flexibility index (Phi) is 8.21. The molecule has 2 aromatic carbocycles. The molecule has 1 aliphatic rings. The van der Waals surface area contributed by atoms with Gasteiger partial charge in [-0.25, -0.2) is 22.0 Å². The first kappa shape index (κ1) is 25.3. The molecule has 1 atom stereocenters. The molecule has 1 fully saturated rings. The van der Waals surface area contributed by atoms with Gasteiger partial charge in [-0.15, -0.1) is 0 Å². The summed E-state index contributed by atoms with van der Waals surface area (Å²) in [5.74, 6) is 0.840. The van der Waals surface area contributed by atoms with Crippen LogP contribution in [0.5, 0.6) is 11.5 Å². The molecule has 0 amide bonds. The fourth-order valence-electron chi connectivity index (χ4n) is 3.34. The van der Waals surface area contributed by atoms with Crippen molar-refractivity contribution in [3.63, 3.8) is 0 Å². The Morgan fingerprint density at radius 1 is 1.18 bits per heavy atom. The van der Waals surface area contributed by atoms with Crippen molar-refractivity contribution in [2.75, 3.05) is 39.9 Å². The number of ether oxygens (including phenoxy) is 2. The number of carbonyl (C=O) groups is 1. The van der Waals surface area contributed by atoms with Crippen molar-refractivity contribution in [1.29, 1.82) is 0 Å². The number of piperazine rings is 1. The van der Waals surface area contributed by atoms with Gasteiger partial charge in [0.05, 0.1) is 11.5 Å². The summed E-state index contributed by atoms with van der Waals surface area (Å²) in [6, 6.07) is 5.69. The van der Waals surface area contributed by atoms with Crippen LogP contribution in [0, 0.1) is 11.6 Å². The highest BCUT2D eigenvalue weighted by atomic mass is 35.5. The fourth-order valence-corrected chi connectivity index (χ4v) is 5.05. The molecule has 0 aliphatic carbocycles. The number of nitrogens with zero attached hydrogens (tertiary/aromatic N) is 2. The van der Waals surface area contributed by atoms with E-state index < -0.39 is 44.3 Å². The summed E-state index contributed by atoms with van der Waals surface area (Å²) in [6.45, 7) is 0.917. The average Bonchev–Trinajstić information content (AvgIpc) is 2.80. The summed E-state index contributed by atoms with van der Waals surface area (Å²) in [7, 11) is -2.97. The van der Waals surface area contributed by atoms with Gasteiger partial charge >= 0.3 is 5.97 Å². The molecule has 2 N–H and O–H groups in total. The van der Waals surface area contributed by atoms with E-state index in [4.69, 9.17) is 27.0 Å². The van der Waals surface area contributed by atoms with E-state index in [0.29, 0.717) is 30.3 Å². The minimum absolute atomic E-state index is 0.0264. The maximum absolute atomic E-state index is 14.7. The molecule has 0 saturated carbocycles. The van der Waals surface area contributed by atoms with Crippen molar-refractivity contribution in [3.8, 4) is 11.5 Å². The molecule has 0 unspecified atom stereocenters. The number of hydrogen-bond donors (Lipinski definition) is 1. The van der Waals surface area contributed by atoms with Crippen LogP contribution >= 0.6 is 11.6 Å². The molecule has 0 aromatic heterocycles. The van der Waals surface area contributed by atoms with Gasteiger partial charge in [-0.05, 0) is 36.4 Å². The van der Waals surface area contributed by atoms with Gasteiger partial charge in [0, 0.05) is 38.3 Å². The molecule has 2 aromatic rings. The van der Waals surface area contributed by atoms with Crippen molar-refractivity contribution in [3.05, 3.63) is 53.1 Å². The SMILES string of the molecule is COCCN1CCN(S(=O)(=O)c2cc(F)c(Oc3ccc(Cl)cc3)c(F)c2)[C@@H](C(=O)ON)C1. The monoisotopic (exact) mass is 505 g/mol. The summed E-state index contributed by atoms with van der Waals surface area (Å²) in [5.41, 5.74) is 0. The molecule has 3 rings (SSSR count). The van der Waals surface area contributed by atoms with Gasteiger partial charge in [0.1, 0.15) is 11.8 Å². The van der Waals surface area contributed by atoms with E-state index in [-0.39, 0.29) is 25.4 Å². The Bertz CT molecular complexity index is 1080. The van der Waals surface area contributed by atoms with Crippen LogP contribution in [0.1, 0.15) is 0 Å². The van der Waals surface area contributed by atoms with Crippen molar-refractivity contribution >= 4 is 27.6 Å². The molecule has 0 bridgehead atoms.